The third-order valence-electron chi connectivity index (χ3n) is 2.84. The van der Waals surface area contributed by atoms with E-state index in [1.165, 1.54) is 18.2 Å². The number of rotatable bonds is 5. The Hall–Kier alpha value is -2.94. The van der Waals surface area contributed by atoms with Gasteiger partial charge in [0.2, 0.25) is 0 Å². The molecule has 0 aliphatic heterocycles. The molecule has 23 heavy (non-hydrogen) atoms. The number of hydrogen-bond acceptors (Lipinski definition) is 7. The molecule has 118 valence electrons. The predicted molar refractivity (Wildman–Crippen MR) is 83.8 cm³/mol. The fourth-order valence-electron chi connectivity index (χ4n) is 1.81. The summed E-state index contributed by atoms with van der Waals surface area (Å²) in [5, 5.41) is 14.4. The standard InChI is InChI=1S/C14H13N5O3S/c1-10-9-14(18-22-10)15-12-7-8-13(17-16-12)19-23(20,21)11-5-3-2-4-6-11/h2-9H,1H3,(H,17,19)(H,15,16,18). The Balaban J connectivity index is 1.72. The molecule has 2 heterocycles. The summed E-state index contributed by atoms with van der Waals surface area (Å²) >= 11 is 0. The van der Waals surface area contributed by atoms with Gasteiger partial charge in [-0.3, -0.25) is 4.72 Å². The van der Waals surface area contributed by atoms with Gasteiger partial charge in [0.1, 0.15) is 5.76 Å². The van der Waals surface area contributed by atoms with Crippen LogP contribution in [0.2, 0.25) is 0 Å². The van der Waals surface area contributed by atoms with Gasteiger partial charge in [0.15, 0.2) is 17.5 Å². The third-order valence-corrected chi connectivity index (χ3v) is 4.21. The highest BCUT2D eigenvalue weighted by Gasteiger charge is 2.14. The molecular weight excluding hydrogens is 318 g/mol. The van der Waals surface area contributed by atoms with Crippen molar-refractivity contribution in [2.75, 3.05) is 10.0 Å². The molecule has 1 aromatic carbocycles. The lowest BCUT2D eigenvalue weighted by Crippen LogP contribution is -2.14. The summed E-state index contributed by atoms with van der Waals surface area (Å²) < 4.78 is 31.6. The molecule has 8 nitrogen and oxygen atoms in total. The molecule has 0 spiro atoms. The number of aromatic nitrogens is 3. The van der Waals surface area contributed by atoms with Gasteiger partial charge in [-0.05, 0) is 31.2 Å². The summed E-state index contributed by atoms with van der Waals surface area (Å²) in [5.41, 5.74) is 0. The van der Waals surface area contributed by atoms with Gasteiger partial charge in [-0.25, -0.2) is 8.42 Å². The van der Waals surface area contributed by atoms with E-state index in [4.69, 9.17) is 4.52 Å². The summed E-state index contributed by atoms with van der Waals surface area (Å²) in [4.78, 5) is 0.155. The van der Waals surface area contributed by atoms with E-state index in [1.54, 1.807) is 37.3 Å². The van der Waals surface area contributed by atoms with Crippen molar-refractivity contribution in [2.24, 2.45) is 0 Å². The summed E-state index contributed by atoms with van der Waals surface area (Å²) in [6, 6.07) is 12.8. The fourth-order valence-corrected chi connectivity index (χ4v) is 2.82. The van der Waals surface area contributed by atoms with E-state index in [-0.39, 0.29) is 10.7 Å². The second-order valence-corrected chi connectivity index (χ2v) is 6.35. The van der Waals surface area contributed by atoms with Gasteiger partial charge < -0.3 is 9.84 Å². The lowest BCUT2D eigenvalue weighted by molar-refractivity contribution is 0.400. The first kappa shape index (κ1) is 15.0. The average molecular weight is 331 g/mol. The van der Waals surface area contributed by atoms with Crippen molar-refractivity contribution in [3.63, 3.8) is 0 Å². The summed E-state index contributed by atoms with van der Waals surface area (Å²) in [5.74, 6) is 1.69. The Bertz CT molecular complexity index is 892. The second-order valence-electron chi connectivity index (χ2n) is 4.67. The topological polar surface area (TPSA) is 110 Å². The van der Waals surface area contributed by atoms with Crippen LogP contribution in [0.25, 0.3) is 0 Å². The lowest BCUT2D eigenvalue weighted by Gasteiger charge is -2.07. The Labute approximate surface area is 132 Å². The summed E-state index contributed by atoms with van der Waals surface area (Å²) in [6.45, 7) is 1.77. The van der Waals surface area contributed by atoms with Gasteiger partial charge in [0.25, 0.3) is 10.0 Å². The molecule has 0 fully saturated rings. The summed E-state index contributed by atoms with van der Waals surface area (Å²) in [7, 11) is -3.68. The Kier molecular flexibility index (Phi) is 3.94. The van der Waals surface area contributed by atoms with Gasteiger partial charge in [0.05, 0.1) is 4.90 Å². The Morgan fingerprint density at radius 1 is 0.957 bits per heavy atom. The van der Waals surface area contributed by atoms with E-state index in [0.29, 0.717) is 17.4 Å². The number of nitrogens with zero attached hydrogens (tertiary/aromatic N) is 3. The SMILES string of the molecule is Cc1cc(Nc2ccc(NS(=O)(=O)c3ccccc3)nn2)no1. The average Bonchev–Trinajstić information content (AvgIpc) is 2.95. The maximum atomic E-state index is 12.2. The largest absolute Gasteiger partial charge is 0.360 e. The molecule has 9 heteroatoms. The second kappa shape index (κ2) is 6.05. The van der Waals surface area contributed by atoms with E-state index in [0.717, 1.165) is 0 Å². The summed E-state index contributed by atoms with van der Waals surface area (Å²) in [6.07, 6.45) is 0. The minimum atomic E-state index is -3.68. The van der Waals surface area contributed by atoms with E-state index in [9.17, 15) is 8.42 Å². The van der Waals surface area contributed by atoms with Crippen LogP contribution in [-0.2, 0) is 10.0 Å². The van der Waals surface area contributed by atoms with Crippen LogP contribution in [0.4, 0.5) is 17.5 Å². The zero-order valence-corrected chi connectivity index (χ0v) is 12.9. The number of nitrogens with one attached hydrogen (secondary N) is 2. The third kappa shape index (κ3) is 3.64. The van der Waals surface area contributed by atoms with Crippen molar-refractivity contribution in [3.8, 4) is 0 Å². The first-order valence-corrected chi connectivity index (χ1v) is 8.13. The molecule has 0 aliphatic rings. The van der Waals surface area contributed by atoms with Crippen molar-refractivity contribution in [3.05, 3.63) is 54.3 Å². The molecule has 0 amide bonds. The highest BCUT2D eigenvalue weighted by atomic mass is 32.2. The zero-order valence-electron chi connectivity index (χ0n) is 12.1. The molecule has 0 bridgehead atoms. The van der Waals surface area contributed by atoms with Crippen molar-refractivity contribution in [2.45, 2.75) is 11.8 Å². The molecule has 0 unspecified atom stereocenters. The van der Waals surface area contributed by atoms with Gasteiger partial charge in [-0.15, -0.1) is 10.2 Å². The first-order valence-electron chi connectivity index (χ1n) is 6.65. The van der Waals surface area contributed by atoms with E-state index in [2.05, 4.69) is 25.4 Å². The monoisotopic (exact) mass is 331 g/mol. The zero-order chi connectivity index (χ0) is 16.3. The van der Waals surface area contributed by atoms with E-state index < -0.39 is 10.0 Å². The number of benzene rings is 1. The maximum Gasteiger partial charge on any atom is 0.263 e. The van der Waals surface area contributed by atoms with Crippen LogP contribution < -0.4 is 10.0 Å². The van der Waals surface area contributed by atoms with Crippen LogP contribution in [0, 0.1) is 6.92 Å². The normalized spacial score (nSPS) is 11.2. The lowest BCUT2D eigenvalue weighted by atomic mass is 10.4. The van der Waals surface area contributed by atoms with Crippen LogP contribution in [0.1, 0.15) is 5.76 Å². The molecule has 0 radical (unpaired) electrons. The fraction of sp³-hybridized carbons (Fsp3) is 0.0714. The molecule has 0 saturated carbocycles. The van der Waals surface area contributed by atoms with Crippen molar-refractivity contribution >= 4 is 27.5 Å². The van der Waals surface area contributed by atoms with Crippen molar-refractivity contribution in [1.29, 1.82) is 0 Å². The maximum absolute atomic E-state index is 12.2. The van der Waals surface area contributed by atoms with Crippen LogP contribution in [0.5, 0.6) is 0 Å². The van der Waals surface area contributed by atoms with Gasteiger partial charge in [-0.1, -0.05) is 23.4 Å². The highest BCUT2D eigenvalue weighted by molar-refractivity contribution is 7.92. The molecule has 0 saturated heterocycles. The quantitative estimate of drug-likeness (QED) is 0.738. The van der Waals surface area contributed by atoms with Crippen LogP contribution >= 0.6 is 0 Å². The van der Waals surface area contributed by atoms with Gasteiger partial charge >= 0.3 is 0 Å². The molecule has 3 aromatic rings. The predicted octanol–water partition coefficient (Wildman–Crippen LogP) is 2.32. The Morgan fingerprint density at radius 3 is 2.26 bits per heavy atom. The van der Waals surface area contributed by atoms with Crippen molar-refractivity contribution in [1.82, 2.24) is 15.4 Å². The number of anilines is 3. The number of aryl methyl sites for hydroxylation is 1. The smallest absolute Gasteiger partial charge is 0.263 e. The highest BCUT2D eigenvalue weighted by Crippen LogP contribution is 2.16. The minimum Gasteiger partial charge on any atom is -0.360 e. The number of hydrogen-bond donors (Lipinski definition) is 2. The molecule has 0 atom stereocenters. The molecular formula is C14H13N5O3S. The molecule has 3 rings (SSSR count). The Morgan fingerprint density at radius 2 is 1.65 bits per heavy atom. The van der Waals surface area contributed by atoms with Crippen LogP contribution in [-0.4, -0.2) is 23.8 Å². The minimum absolute atomic E-state index is 0.121. The van der Waals surface area contributed by atoms with Crippen LogP contribution in [0.3, 0.4) is 0 Å². The molecule has 2 N–H and O–H groups in total. The number of sulfonamides is 1. The first-order chi connectivity index (χ1) is 11.0. The molecule has 2 aromatic heterocycles. The van der Waals surface area contributed by atoms with Gasteiger partial charge in [0, 0.05) is 6.07 Å². The van der Waals surface area contributed by atoms with Gasteiger partial charge in [-0.2, -0.15) is 0 Å². The van der Waals surface area contributed by atoms with Crippen molar-refractivity contribution < 1.29 is 12.9 Å². The molecule has 0 aliphatic carbocycles. The van der Waals surface area contributed by atoms with E-state index >= 15 is 0 Å². The van der Waals surface area contributed by atoms with Crippen LogP contribution in [0.15, 0.2) is 57.9 Å². The van der Waals surface area contributed by atoms with E-state index in [1.807, 2.05) is 0 Å².